The first kappa shape index (κ1) is 19.8. The van der Waals surface area contributed by atoms with E-state index in [0.717, 1.165) is 22.3 Å². The molecule has 1 saturated heterocycles. The molecule has 1 aliphatic heterocycles. The van der Waals surface area contributed by atoms with E-state index in [0.29, 0.717) is 24.8 Å². The van der Waals surface area contributed by atoms with Gasteiger partial charge in [-0.05, 0) is 70.5 Å². The van der Waals surface area contributed by atoms with Crippen LogP contribution in [0.1, 0.15) is 40.7 Å². The number of carbonyl (C=O) groups is 3. The Hall–Kier alpha value is -3.12. The minimum Gasteiger partial charge on any atom is -0.296 e. The lowest BCUT2D eigenvalue weighted by Crippen LogP contribution is -2.36. The van der Waals surface area contributed by atoms with Gasteiger partial charge in [-0.2, -0.15) is 11.3 Å². The van der Waals surface area contributed by atoms with Crippen LogP contribution in [0.2, 0.25) is 0 Å². The van der Waals surface area contributed by atoms with Gasteiger partial charge in [0.25, 0.3) is 0 Å². The number of hydrogen-bond donors (Lipinski definition) is 1. The molecule has 0 spiro atoms. The number of ketones is 1. The molecule has 1 fully saturated rings. The third-order valence-corrected chi connectivity index (χ3v) is 7.22. The van der Waals surface area contributed by atoms with Crippen LogP contribution in [0.25, 0.3) is 11.1 Å². The number of imide groups is 1. The van der Waals surface area contributed by atoms with Crippen LogP contribution in [-0.2, 0) is 21.4 Å². The van der Waals surface area contributed by atoms with Gasteiger partial charge in [-0.15, -0.1) is 0 Å². The summed E-state index contributed by atoms with van der Waals surface area (Å²) in [5.41, 5.74) is 3.24. The summed E-state index contributed by atoms with van der Waals surface area (Å²) < 4.78 is 13.6. The molecule has 1 aliphatic carbocycles. The summed E-state index contributed by atoms with van der Waals surface area (Å²) in [6.45, 7) is 0. The molecule has 156 valence electrons. The van der Waals surface area contributed by atoms with E-state index in [1.807, 2.05) is 35.7 Å². The van der Waals surface area contributed by atoms with Crippen LogP contribution in [0.5, 0.6) is 0 Å². The lowest BCUT2D eigenvalue weighted by molar-refractivity contribution is -0.126. The van der Waals surface area contributed by atoms with Crippen molar-refractivity contribution in [2.45, 2.75) is 31.1 Å². The van der Waals surface area contributed by atoms with Gasteiger partial charge in [0.15, 0.2) is 5.78 Å². The summed E-state index contributed by atoms with van der Waals surface area (Å²) in [6.07, 6.45) is 1.46. The highest BCUT2D eigenvalue weighted by atomic mass is 32.1. The summed E-state index contributed by atoms with van der Waals surface area (Å²) in [6, 6.07) is 14.1. The fraction of sp³-hybridized carbons (Fsp3) is 0.240. The average molecular weight is 434 g/mol. The molecule has 6 heteroatoms. The Balaban J connectivity index is 1.41. The van der Waals surface area contributed by atoms with Crippen LogP contribution in [0.15, 0.2) is 59.3 Å². The fourth-order valence-electron chi connectivity index (χ4n) is 4.82. The Labute approximate surface area is 183 Å². The monoisotopic (exact) mass is 433 g/mol. The molecule has 2 amide bonds. The van der Waals surface area contributed by atoms with Gasteiger partial charge < -0.3 is 0 Å². The molecule has 1 unspecified atom stereocenters. The SMILES string of the molecule is O=C1C[C@@](CCC2Cc3ccc(F)cc3C2=O)(c2ccc(-c3ccsc3)cc2)C(=O)N1. The summed E-state index contributed by atoms with van der Waals surface area (Å²) in [4.78, 5) is 37.8. The Morgan fingerprint density at radius 3 is 2.52 bits per heavy atom. The molecule has 3 aromatic rings. The Kier molecular flexibility index (Phi) is 4.82. The second-order valence-electron chi connectivity index (χ2n) is 8.33. The number of halogens is 1. The van der Waals surface area contributed by atoms with Crippen molar-refractivity contribution in [3.8, 4) is 11.1 Å². The molecular formula is C25H20FNO3S. The molecule has 2 aliphatic rings. The maximum Gasteiger partial charge on any atom is 0.237 e. The van der Waals surface area contributed by atoms with Crippen LogP contribution in [-0.4, -0.2) is 17.6 Å². The zero-order chi connectivity index (χ0) is 21.6. The highest BCUT2D eigenvalue weighted by molar-refractivity contribution is 7.08. The van der Waals surface area contributed by atoms with Crippen LogP contribution >= 0.6 is 11.3 Å². The van der Waals surface area contributed by atoms with E-state index in [-0.39, 0.29) is 29.9 Å². The maximum absolute atomic E-state index is 13.6. The number of rotatable bonds is 5. The zero-order valence-corrected chi connectivity index (χ0v) is 17.5. The van der Waals surface area contributed by atoms with E-state index in [1.165, 1.54) is 12.1 Å². The predicted molar refractivity (Wildman–Crippen MR) is 116 cm³/mol. The minimum absolute atomic E-state index is 0.0755. The summed E-state index contributed by atoms with van der Waals surface area (Å²) in [5, 5.41) is 6.52. The van der Waals surface area contributed by atoms with Crippen molar-refractivity contribution in [2.75, 3.05) is 0 Å². The molecule has 1 aromatic heterocycles. The third-order valence-electron chi connectivity index (χ3n) is 6.54. The van der Waals surface area contributed by atoms with Crippen LogP contribution < -0.4 is 5.32 Å². The standard InChI is InChI=1S/C25H20FNO3S/c26-20-6-3-16-11-17(23(29)21(16)12-20)7-9-25(13-22(28)27-24(25)30)19-4-1-15(2-5-19)18-8-10-31-14-18/h1-6,8,10,12,14,17H,7,9,11,13H2,(H,27,28,30)/t17?,25-/m0/s1. The van der Waals surface area contributed by atoms with Gasteiger partial charge in [-0.1, -0.05) is 30.3 Å². The molecule has 2 aromatic carbocycles. The number of thiophene rings is 1. The van der Waals surface area contributed by atoms with Gasteiger partial charge in [0.1, 0.15) is 5.82 Å². The molecule has 1 N–H and O–H groups in total. The fourth-order valence-corrected chi connectivity index (χ4v) is 5.49. The molecule has 0 radical (unpaired) electrons. The summed E-state index contributed by atoms with van der Waals surface area (Å²) in [7, 11) is 0. The maximum atomic E-state index is 13.6. The highest BCUT2D eigenvalue weighted by Crippen LogP contribution is 2.41. The van der Waals surface area contributed by atoms with E-state index in [2.05, 4.69) is 10.7 Å². The highest BCUT2D eigenvalue weighted by Gasteiger charge is 2.48. The number of fused-ring (bicyclic) bond motifs is 1. The Morgan fingerprint density at radius 1 is 1.03 bits per heavy atom. The van der Waals surface area contributed by atoms with Crippen LogP contribution in [0, 0.1) is 11.7 Å². The summed E-state index contributed by atoms with van der Waals surface area (Å²) >= 11 is 1.62. The van der Waals surface area contributed by atoms with Gasteiger partial charge in [0.2, 0.25) is 11.8 Å². The first-order valence-electron chi connectivity index (χ1n) is 10.3. The molecular weight excluding hydrogens is 413 g/mol. The number of amides is 2. The topological polar surface area (TPSA) is 63.2 Å². The molecule has 2 heterocycles. The quantitative estimate of drug-likeness (QED) is 0.595. The van der Waals surface area contributed by atoms with Crippen molar-refractivity contribution in [1.29, 1.82) is 0 Å². The molecule has 0 bridgehead atoms. The second kappa shape index (κ2) is 7.54. The molecule has 5 rings (SSSR count). The first-order chi connectivity index (χ1) is 15.0. The number of carbonyl (C=O) groups excluding carboxylic acids is 3. The van der Waals surface area contributed by atoms with E-state index in [1.54, 1.807) is 17.4 Å². The summed E-state index contributed by atoms with van der Waals surface area (Å²) in [5.74, 6) is -1.41. The Bertz CT molecular complexity index is 1190. The van der Waals surface area contributed by atoms with E-state index in [4.69, 9.17) is 0 Å². The number of hydrogen-bond acceptors (Lipinski definition) is 4. The smallest absolute Gasteiger partial charge is 0.237 e. The average Bonchev–Trinajstić information content (AvgIpc) is 3.47. The van der Waals surface area contributed by atoms with Crippen molar-refractivity contribution < 1.29 is 18.8 Å². The van der Waals surface area contributed by atoms with E-state index >= 15 is 0 Å². The van der Waals surface area contributed by atoms with Gasteiger partial charge in [0.05, 0.1) is 5.41 Å². The predicted octanol–water partition coefficient (Wildman–Crippen LogP) is 4.67. The number of Topliss-reactive ketones (excluding diaryl/α,β-unsaturated/α-hetero) is 1. The molecule has 31 heavy (non-hydrogen) atoms. The second-order valence-corrected chi connectivity index (χ2v) is 9.11. The minimum atomic E-state index is -0.982. The van der Waals surface area contributed by atoms with Crippen LogP contribution in [0.4, 0.5) is 4.39 Å². The van der Waals surface area contributed by atoms with Crippen molar-refractivity contribution in [3.05, 3.63) is 81.8 Å². The van der Waals surface area contributed by atoms with Crippen molar-refractivity contribution in [3.63, 3.8) is 0 Å². The van der Waals surface area contributed by atoms with Crippen molar-refractivity contribution >= 4 is 28.9 Å². The van der Waals surface area contributed by atoms with Crippen molar-refractivity contribution in [2.24, 2.45) is 5.92 Å². The van der Waals surface area contributed by atoms with Gasteiger partial charge >= 0.3 is 0 Å². The number of benzene rings is 2. The molecule has 4 nitrogen and oxygen atoms in total. The van der Waals surface area contributed by atoms with Gasteiger partial charge in [-0.25, -0.2) is 4.39 Å². The third kappa shape index (κ3) is 3.41. The first-order valence-corrected chi connectivity index (χ1v) is 11.2. The lowest BCUT2D eigenvalue weighted by atomic mass is 9.73. The Morgan fingerprint density at radius 2 is 1.84 bits per heavy atom. The van der Waals surface area contributed by atoms with Gasteiger partial charge in [0, 0.05) is 17.9 Å². The van der Waals surface area contributed by atoms with E-state index in [9.17, 15) is 18.8 Å². The molecule has 2 atom stereocenters. The van der Waals surface area contributed by atoms with Gasteiger partial charge in [-0.3, -0.25) is 19.7 Å². The molecule has 0 saturated carbocycles. The normalized spacial score (nSPS) is 22.6. The number of nitrogens with one attached hydrogen (secondary N) is 1. The van der Waals surface area contributed by atoms with Crippen molar-refractivity contribution in [1.82, 2.24) is 5.32 Å². The van der Waals surface area contributed by atoms with E-state index < -0.39 is 11.2 Å². The largest absolute Gasteiger partial charge is 0.296 e. The van der Waals surface area contributed by atoms with Crippen LogP contribution in [0.3, 0.4) is 0 Å². The zero-order valence-electron chi connectivity index (χ0n) is 16.7. The lowest BCUT2D eigenvalue weighted by Gasteiger charge is -2.27.